The molecular weight excluding hydrogens is 324 g/mol. The molecule has 0 aliphatic rings. The minimum absolute atomic E-state index is 0.431. The van der Waals surface area contributed by atoms with E-state index in [2.05, 4.69) is 35.0 Å². The first kappa shape index (κ1) is 16.1. The van der Waals surface area contributed by atoms with Gasteiger partial charge in [-0.3, -0.25) is 10.0 Å². The van der Waals surface area contributed by atoms with Gasteiger partial charge < -0.3 is 4.57 Å². The molecule has 1 aromatic heterocycles. The Morgan fingerprint density at radius 2 is 1.62 bits per heavy atom. The highest BCUT2D eigenvalue weighted by Crippen LogP contribution is 2.28. The second kappa shape index (κ2) is 6.86. The molecule has 4 heteroatoms. The lowest BCUT2D eigenvalue weighted by Crippen LogP contribution is -2.18. The average molecular weight is 342 g/mol. The Bertz CT molecular complexity index is 1050. The van der Waals surface area contributed by atoms with E-state index >= 15 is 0 Å². The standard InChI is InChI=1S/C22H18N2O2/c25-22(23-26)17-11-12-21-20(14-17)18(13-16-7-3-1-4-8-16)15-24(21)19-9-5-2-6-10-19/h1-12,14-15,26H,13H2,(H,23,25). The summed E-state index contributed by atoms with van der Waals surface area (Å²) in [5.41, 5.74) is 6.56. The third kappa shape index (κ3) is 2.98. The van der Waals surface area contributed by atoms with Gasteiger partial charge in [0, 0.05) is 22.8 Å². The number of hydrogen-bond acceptors (Lipinski definition) is 2. The Morgan fingerprint density at radius 3 is 2.31 bits per heavy atom. The van der Waals surface area contributed by atoms with E-state index in [1.807, 2.05) is 48.5 Å². The average Bonchev–Trinajstić information content (AvgIpc) is 3.06. The van der Waals surface area contributed by atoms with Gasteiger partial charge in [0.05, 0.1) is 5.52 Å². The molecule has 128 valence electrons. The minimum Gasteiger partial charge on any atom is -0.316 e. The van der Waals surface area contributed by atoms with Crippen molar-refractivity contribution in [1.29, 1.82) is 0 Å². The summed E-state index contributed by atoms with van der Waals surface area (Å²) in [7, 11) is 0. The highest BCUT2D eigenvalue weighted by Gasteiger charge is 2.13. The van der Waals surface area contributed by atoms with Gasteiger partial charge in [-0.2, -0.15) is 0 Å². The van der Waals surface area contributed by atoms with Crippen LogP contribution in [0.25, 0.3) is 16.6 Å². The second-order valence-corrected chi connectivity index (χ2v) is 6.20. The van der Waals surface area contributed by atoms with Crippen molar-refractivity contribution in [2.75, 3.05) is 0 Å². The summed E-state index contributed by atoms with van der Waals surface area (Å²) >= 11 is 0. The van der Waals surface area contributed by atoms with Crippen LogP contribution in [0.5, 0.6) is 0 Å². The van der Waals surface area contributed by atoms with E-state index in [9.17, 15) is 4.79 Å². The molecule has 1 amide bonds. The van der Waals surface area contributed by atoms with Gasteiger partial charge in [-0.15, -0.1) is 0 Å². The topological polar surface area (TPSA) is 54.3 Å². The molecule has 0 atom stereocenters. The van der Waals surface area contributed by atoms with Crippen molar-refractivity contribution in [3.8, 4) is 5.69 Å². The molecule has 4 nitrogen and oxygen atoms in total. The van der Waals surface area contributed by atoms with Gasteiger partial charge in [-0.25, -0.2) is 5.48 Å². The number of fused-ring (bicyclic) bond motifs is 1. The second-order valence-electron chi connectivity index (χ2n) is 6.20. The number of carbonyl (C=O) groups is 1. The number of nitrogens with zero attached hydrogens (tertiary/aromatic N) is 1. The number of aromatic nitrogens is 1. The van der Waals surface area contributed by atoms with Gasteiger partial charge in [0.2, 0.25) is 0 Å². The van der Waals surface area contributed by atoms with E-state index in [-0.39, 0.29) is 0 Å². The van der Waals surface area contributed by atoms with E-state index in [0.29, 0.717) is 5.56 Å². The van der Waals surface area contributed by atoms with Crippen LogP contribution in [0.4, 0.5) is 0 Å². The van der Waals surface area contributed by atoms with Crippen molar-refractivity contribution >= 4 is 16.8 Å². The summed E-state index contributed by atoms with van der Waals surface area (Å²) in [6.07, 6.45) is 2.88. The van der Waals surface area contributed by atoms with Gasteiger partial charge in [-0.1, -0.05) is 48.5 Å². The molecule has 2 N–H and O–H groups in total. The van der Waals surface area contributed by atoms with E-state index in [4.69, 9.17) is 5.21 Å². The molecule has 1 heterocycles. The maximum absolute atomic E-state index is 11.8. The van der Waals surface area contributed by atoms with Crippen LogP contribution in [-0.4, -0.2) is 15.7 Å². The first-order valence-electron chi connectivity index (χ1n) is 8.44. The Kier molecular flexibility index (Phi) is 4.25. The number of rotatable bonds is 4. The summed E-state index contributed by atoms with van der Waals surface area (Å²) in [6, 6.07) is 25.8. The maximum Gasteiger partial charge on any atom is 0.274 e. The monoisotopic (exact) mass is 342 g/mol. The molecule has 0 bridgehead atoms. The van der Waals surface area contributed by atoms with Gasteiger partial charge in [-0.05, 0) is 47.9 Å². The summed E-state index contributed by atoms with van der Waals surface area (Å²) in [4.78, 5) is 11.8. The molecule has 3 aromatic carbocycles. The Hall–Kier alpha value is -3.37. The molecular formula is C22H18N2O2. The molecule has 0 radical (unpaired) electrons. The first-order valence-corrected chi connectivity index (χ1v) is 8.44. The number of nitrogens with one attached hydrogen (secondary N) is 1. The highest BCUT2D eigenvalue weighted by atomic mass is 16.5. The molecule has 0 spiro atoms. The zero-order chi connectivity index (χ0) is 17.9. The highest BCUT2D eigenvalue weighted by molar-refractivity contribution is 5.98. The van der Waals surface area contributed by atoms with Crippen molar-refractivity contribution in [1.82, 2.24) is 10.0 Å². The molecule has 0 unspecified atom stereocenters. The van der Waals surface area contributed by atoms with Crippen LogP contribution in [-0.2, 0) is 6.42 Å². The molecule has 26 heavy (non-hydrogen) atoms. The molecule has 4 rings (SSSR count). The number of carbonyl (C=O) groups excluding carboxylic acids is 1. The van der Waals surface area contributed by atoms with Crippen LogP contribution in [0.15, 0.2) is 85.1 Å². The van der Waals surface area contributed by atoms with Gasteiger partial charge in [0.25, 0.3) is 5.91 Å². The molecule has 4 aromatic rings. The number of para-hydroxylation sites is 1. The van der Waals surface area contributed by atoms with Crippen molar-refractivity contribution in [3.05, 3.63) is 102 Å². The molecule has 0 aliphatic carbocycles. The smallest absolute Gasteiger partial charge is 0.274 e. The number of benzene rings is 3. The molecule has 0 aliphatic heterocycles. The predicted octanol–water partition coefficient (Wildman–Crippen LogP) is 4.34. The number of hydroxylamine groups is 1. The van der Waals surface area contributed by atoms with Crippen LogP contribution in [0.2, 0.25) is 0 Å². The van der Waals surface area contributed by atoms with Gasteiger partial charge >= 0.3 is 0 Å². The van der Waals surface area contributed by atoms with Crippen LogP contribution in [0, 0.1) is 0 Å². The lowest BCUT2D eigenvalue weighted by atomic mass is 10.0. The summed E-state index contributed by atoms with van der Waals surface area (Å²) in [5.74, 6) is -0.509. The van der Waals surface area contributed by atoms with Crippen molar-refractivity contribution in [2.24, 2.45) is 0 Å². The van der Waals surface area contributed by atoms with Gasteiger partial charge in [0.15, 0.2) is 0 Å². The largest absolute Gasteiger partial charge is 0.316 e. The Balaban J connectivity index is 1.89. The normalized spacial score (nSPS) is 10.8. The Morgan fingerprint density at radius 1 is 0.923 bits per heavy atom. The molecule has 0 saturated carbocycles. The fourth-order valence-corrected chi connectivity index (χ4v) is 3.26. The lowest BCUT2D eigenvalue weighted by Gasteiger charge is -2.05. The zero-order valence-electron chi connectivity index (χ0n) is 14.1. The zero-order valence-corrected chi connectivity index (χ0v) is 14.1. The third-order valence-electron chi connectivity index (χ3n) is 4.52. The third-order valence-corrected chi connectivity index (χ3v) is 4.52. The van der Waals surface area contributed by atoms with Crippen LogP contribution in [0.1, 0.15) is 21.5 Å². The van der Waals surface area contributed by atoms with Crippen LogP contribution in [0.3, 0.4) is 0 Å². The fraction of sp³-hybridized carbons (Fsp3) is 0.0455. The predicted molar refractivity (Wildman–Crippen MR) is 102 cm³/mol. The Labute approximate surface area is 151 Å². The number of amides is 1. The first-order chi connectivity index (χ1) is 12.8. The van der Waals surface area contributed by atoms with E-state index in [0.717, 1.165) is 28.6 Å². The SMILES string of the molecule is O=C(NO)c1ccc2c(c1)c(Cc1ccccc1)cn2-c1ccccc1. The molecule has 0 fully saturated rings. The summed E-state index contributed by atoms with van der Waals surface area (Å²) in [5, 5.41) is 9.94. The minimum atomic E-state index is -0.509. The fourth-order valence-electron chi connectivity index (χ4n) is 3.26. The maximum atomic E-state index is 11.8. The lowest BCUT2D eigenvalue weighted by molar-refractivity contribution is 0.0706. The van der Waals surface area contributed by atoms with E-state index in [1.165, 1.54) is 5.56 Å². The van der Waals surface area contributed by atoms with Crippen molar-refractivity contribution < 1.29 is 10.0 Å². The number of hydrogen-bond donors (Lipinski definition) is 2. The summed E-state index contributed by atoms with van der Waals surface area (Å²) < 4.78 is 2.13. The molecule has 0 saturated heterocycles. The quantitative estimate of drug-likeness (QED) is 0.428. The van der Waals surface area contributed by atoms with Crippen molar-refractivity contribution in [3.63, 3.8) is 0 Å². The van der Waals surface area contributed by atoms with E-state index in [1.54, 1.807) is 11.5 Å². The van der Waals surface area contributed by atoms with Crippen LogP contribution >= 0.6 is 0 Å². The van der Waals surface area contributed by atoms with Crippen LogP contribution < -0.4 is 5.48 Å². The van der Waals surface area contributed by atoms with Gasteiger partial charge in [0.1, 0.15) is 0 Å². The van der Waals surface area contributed by atoms with E-state index < -0.39 is 5.91 Å². The summed E-state index contributed by atoms with van der Waals surface area (Å²) in [6.45, 7) is 0. The van der Waals surface area contributed by atoms with Crippen molar-refractivity contribution in [2.45, 2.75) is 6.42 Å².